The highest BCUT2D eigenvalue weighted by atomic mass is 15.1. The zero-order chi connectivity index (χ0) is 7.52. The molecule has 0 aromatic carbocycles. The Bertz CT molecular complexity index is 313. The fourth-order valence-electron chi connectivity index (χ4n) is 0.774. The Morgan fingerprint density at radius 1 is 1.27 bits per heavy atom. The maximum atomic E-state index is 4.02. The van der Waals surface area contributed by atoms with Crippen LogP contribution >= 0.6 is 0 Å². The molecule has 11 heavy (non-hydrogen) atoms. The Morgan fingerprint density at radius 2 is 2.09 bits per heavy atom. The number of nitrogens with one attached hydrogen (secondary N) is 1. The zero-order valence-corrected chi connectivity index (χ0v) is 5.65. The number of rotatable bonds is 1. The van der Waals surface area contributed by atoms with Crippen LogP contribution in [-0.4, -0.2) is 20.2 Å². The third-order valence-electron chi connectivity index (χ3n) is 1.26. The summed E-state index contributed by atoms with van der Waals surface area (Å²) in [5.41, 5.74) is 0.783. The van der Waals surface area contributed by atoms with Crippen LogP contribution in [0.2, 0.25) is 0 Å². The van der Waals surface area contributed by atoms with Gasteiger partial charge in [-0.2, -0.15) is 5.10 Å². The lowest BCUT2D eigenvalue weighted by Crippen LogP contribution is -1.83. The van der Waals surface area contributed by atoms with Crippen LogP contribution in [-0.2, 0) is 0 Å². The fourth-order valence-corrected chi connectivity index (χ4v) is 0.774. The highest BCUT2D eigenvalue weighted by Gasteiger charge is 1.98. The van der Waals surface area contributed by atoms with Crippen LogP contribution in [0.1, 0.15) is 0 Å². The molecule has 4 heteroatoms. The molecule has 1 N–H and O–H groups in total. The topological polar surface area (TPSA) is 54.5 Å². The van der Waals surface area contributed by atoms with E-state index in [1.54, 1.807) is 24.7 Å². The number of hydrogen-bond donors (Lipinski definition) is 1. The van der Waals surface area contributed by atoms with Crippen molar-refractivity contribution >= 4 is 0 Å². The van der Waals surface area contributed by atoms with E-state index in [1.807, 2.05) is 0 Å². The molecular weight excluding hydrogens is 140 g/mol. The van der Waals surface area contributed by atoms with Gasteiger partial charge < -0.3 is 0 Å². The molecule has 4 nitrogen and oxygen atoms in total. The van der Waals surface area contributed by atoms with Gasteiger partial charge in [0.05, 0.1) is 5.56 Å². The molecule has 0 amide bonds. The van der Waals surface area contributed by atoms with Gasteiger partial charge in [0, 0.05) is 18.6 Å². The van der Waals surface area contributed by atoms with E-state index in [-0.39, 0.29) is 0 Å². The first kappa shape index (κ1) is 6.03. The Balaban J connectivity index is 2.46. The summed E-state index contributed by atoms with van der Waals surface area (Å²) in [7, 11) is 0. The zero-order valence-electron chi connectivity index (χ0n) is 5.65. The fraction of sp³-hybridized carbons (Fsp3) is 0. The summed E-state index contributed by atoms with van der Waals surface area (Å²) >= 11 is 0. The molecule has 2 heterocycles. The molecule has 1 radical (unpaired) electrons. The monoisotopic (exact) mass is 145 g/mol. The van der Waals surface area contributed by atoms with E-state index < -0.39 is 0 Å². The number of hydrogen-bond acceptors (Lipinski definition) is 3. The third-order valence-corrected chi connectivity index (χ3v) is 1.26. The summed E-state index contributed by atoms with van der Waals surface area (Å²) in [6.07, 6.45) is 7.79. The number of aromatic nitrogens is 4. The molecule has 2 aromatic rings. The van der Waals surface area contributed by atoms with Gasteiger partial charge in [-0.3, -0.25) is 5.10 Å². The largest absolute Gasteiger partial charge is 0.284 e. The predicted molar refractivity (Wildman–Crippen MR) is 38.4 cm³/mol. The first-order valence-corrected chi connectivity index (χ1v) is 3.15. The second kappa shape index (κ2) is 2.49. The van der Waals surface area contributed by atoms with Gasteiger partial charge >= 0.3 is 0 Å². The second-order valence-electron chi connectivity index (χ2n) is 1.98. The molecule has 0 spiro atoms. The molecule has 2 rings (SSSR count). The molecule has 53 valence electrons. The van der Waals surface area contributed by atoms with Gasteiger partial charge in [-0.1, -0.05) is 0 Å². The first-order valence-electron chi connectivity index (χ1n) is 3.15. The summed E-state index contributed by atoms with van der Waals surface area (Å²) in [6, 6.07) is 1.77. The van der Waals surface area contributed by atoms with Crippen molar-refractivity contribution in [3.8, 4) is 11.4 Å². The van der Waals surface area contributed by atoms with Gasteiger partial charge in [0.2, 0.25) is 0 Å². The van der Waals surface area contributed by atoms with Crippen molar-refractivity contribution in [3.63, 3.8) is 0 Å². The molecular formula is C7H5N4. The van der Waals surface area contributed by atoms with E-state index in [0.29, 0.717) is 5.82 Å². The van der Waals surface area contributed by atoms with Crippen molar-refractivity contribution in [1.29, 1.82) is 0 Å². The number of H-pyrrole nitrogens is 1. The predicted octanol–water partition coefficient (Wildman–Crippen LogP) is 0.667. The summed E-state index contributed by atoms with van der Waals surface area (Å²) in [6.45, 7) is 0. The van der Waals surface area contributed by atoms with E-state index in [0.717, 1.165) is 5.56 Å². The average Bonchev–Trinajstić information content (AvgIpc) is 2.58. The Kier molecular flexibility index (Phi) is 1.37. The molecule has 0 fully saturated rings. The standard InChI is InChI=1S/C7H5N4/c1-2-8-7(9-3-1)6-4-10-11-5-6/h1-4H,(H,10,11). The lowest BCUT2D eigenvalue weighted by Gasteiger charge is -1.89. The SMILES string of the molecule is [c]1n[nH]cc1-c1ncccn1. The van der Waals surface area contributed by atoms with E-state index >= 15 is 0 Å². The van der Waals surface area contributed by atoms with Crippen LogP contribution in [0.4, 0.5) is 0 Å². The summed E-state index contributed by atoms with van der Waals surface area (Å²) in [5, 5.41) is 6.31. The summed E-state index contributed by atoms with van der Waals surface area (Å²) < 4.78 is 0. The second-order valence-corrected chi connectivity index (χ2v) is 1.98. The van der Waals surface area contributed by atoms with Crippen LogP contribution in [0.5, 0.6) is 0 Å². The molecule has 0 unspecified atom stereocenters. The number of aromatic amines is 1. The van der Waals surface area contributed by atoms with Gasteiger partial charge in [0.1, 0.15) is 6.20 Å². The maximum Gasteiger partial charge on any atom is 0.163 e. The van der Waals surface area contributed by atoms with E-state index in [4.69, 9.17) is 0 Å². The lowest BCUT2D eigenvalue weighted by atomic mass is 10.3. The van der Waals surface area contributed by atoms with Crippen molar-refractivity contribution in [2.75, 3.05) is 0 Å². The molecule has 0 saturated carbocycles. The Morgan fingerprint density at radius 3 is 2.73 bits per heavy atom. The summed E-state index contributed by atoms with van der Waals surface area (Å²) in [5.74, 6) is 0.640. The molecule has 0 bridgehead atoms. The van der Waals surface area contributed by atoms with E-state index in [2.05, 4.69) is 26.4 Å². The van der Waals surface area contributed by atoms with Crippen LogP contribution < -0.4 is 0 Å². The van der Waals surface area contributed by atoms with Crippen molar-refractivity contribution in [2.45, 2.75) is 0 Å². The van der Waals surface area contributed by atoms with E-state index in [1.165, 1.54) is 0 Å². The number of nitrogens with zero attached hydrogens (tertiary/aromatic N) is 3. The van der Waals surface area contributed by atoms with Gasteiger partial charge in [-0.25, -0.2) is 9.97 Å². The molecule has 2 aromatic heterocycles. The molecule has 0 atom stereocenters. The highest BCUT2D eigenvalue weighted by molar-refractivity contribution is 5.49. The average molecular weight is 145 g/mol. The van der Waals surface area contributed by atoms with Crippen molar-refractivity contribution < 1.29 is 0 Å². The minimum Gasteiger partial charge on any atom is -0.284 e. The van der Waals surface area contributed by atoms with Gasteiger partial charge in [-0.05, 0) is 6.07 Å². The molecule has 0 aliphatic heterocycles. The first-order chi connectivity index (χ1) is 5.47. The third kappa shape index (κ3) is 1.10. The molecule has 0 aliphatic rings. The van der Waals surface area contributed by atoms with Gasteiger partial charge in [0.15, 0.2) is 5.82 Å². The lowest BCUT2D eigenvalue weighted by molar-refractivity contribution is 1.08. The van der Waals surface area contributed by atoms with Gasteiger partial charge in [0.25, 0.3) is 0 Å². The minimum absolute atomic E-state index is 0.640. The van der Waals surface area contributed by atoms with Crippen LogP contribution in [0.25, 0.3) is 11.4 Å². The van der Waals surface area contributed by atoms with Gasteiger partial charge in [-0.15, -0.1) is 0 Å². The van der Waals surface area contributed by atoms with Crippen LogP contribution in [0.15, 0.2) is 24.7 Å². The molecule has 0 saturated heterocycles. The van der Waals surface area contributed by atoms with Crippen molar-refractivity contribution in [3.05, 3.63) is 30.9 Å². The Hall–Kier alpha value is -1.71. The maximum absolute atomic E-state index is 4.02. The van der Waals surface area contributed by atoms with Crippen LogP contribution in [0.3, 0.4) is 0 Å². The van der Waals surface area contributed by atoms with Crippen molar-refractivity contribution in [1.82, 2.24) is 20.2 Å². The smallest absolute Gasteiger partial charge is 0.163 e. The highest BCUT2D eigenvalue weighted by Crippen LogP contribution is 2.08. The minimum atomic E-state index is 0.640. The molecule has 0 aliphatic carbocycles. The summed E-state index contributed by atoms with van der Waals surface area (Å²) in [4.78, 5) is 8.04. The quantitative estimate of drug-likeness (QED) is 0.641. The van der Waals surface area contributed by atoms with Crippen LogP contribution in [0, 0.1) is 6.20 Å². The van der Waals surface area contributed by atoms with E-state index in [9.17, 15) is 0 Å². The van der Waals surface area contributed by atoms with Crippen molar-refractivity contribution in [2.24, 2.45) is 0 Å². The normalized spacial score (nSPS) is 9.82. The Labute approximate surface area is 63.3 Å².